The zero-order valence-corrected chi connectivity index (χ0v) is 10.0. The van der Waals surface area contributed by atoms with E-state index >= 15 is 0 Å². The molecule has 0 fully saturated rings. The van der Waals surface area contributed by atoms with E-state index in [0.717, 1.165) is 6.42 Å². The lowest BCUT2D eigenvalue weighted by Crippen LogP contribution is -2.05. The lowest BCUT2D eigenvalue weighted by molar-refractivity contribution is 0.200. The second-order valence-corrected chi connectivity index (χ2v) is 4.29. The fraction of sp³-hybridized carbons (Fsp3) is 0.364. The van der Waals surface area contributed by atoms with Crippen LogP contribution in [-0.2, 0) is 4.74 Å². The van der Waals surface area contributed by atoms with Crippen LogP contribution in [0.3, 0.4) is 0 Å². The van der Waals surface area contributed by atoms with E-state index < -0.39 is 0 Å². The number of thioether (sulfide) groups is 1. The molecule has 0 aliphatic rings. The molecule has 0 N–H and O–H groups in total. The van der Waals surface area contributed by atoms with Crippen LogP contribution in [0.2, 0.25) is 0 Å². The molecule has 0 heterocycles. The maximum Gasteiger partial charge on any atom is 0.220 e. The van der Waals surface area contributed by atoms with Gasteiger partial charge in [-0.2, -0.15) is 0 Å². The van der Waals surface area contributed by atoms with E-state index in [-0.39, 0.29) is 6.10 Å². The van der Waals surface area contributed by atoms with Crippen LogP contribution in [0.5, 0.6) is 0 Å². The second kappa shape index (κ2) is 6.04. The highest BCUT2D eigenvalue weighted by atomic mass is 32.2. The standard InChI is InChI=1S/C11H14OS2/c1-3-10(12-11(13)14-2)9-7-5-4-6-8-9/h4-8,10H,3H2,1-2H3/t10-/m0/s1. The third-order valence-corrected chi connectivity index (χ3v) is 2.97. The molecule has 76 valence electrons. The largest absolute Gasteiger partial charge is 0.470 e. The summed E-state index contributed by atoms with van der Waals surface area (Å²) in [4.78, 5) is 0. The molecule has 0 saturated heterocycles. The van der Waals surface area contributed by atoms with Crippen molar-refractivity contribution in [3.63, 3.8) is 0 Å². The van der Waals surface area contributed by atoms with Gasteiger partial charge in [-0.05, 0) is 30.5 Å². The van der Waals surface area contributed by atoms with Crippen LogP contribution in [-0.4, -0.2) is 10.6 Å². The summed E-state index contributed by atoms with van der Waals surface area (Å²) in [6.07, 6.45) is 2.96. The van der Waals surface area contributed by atoms with Gasteiger partial charge in [0.1, 0.15) is 6.10 Å². The minimum absolute atomic E-state index is 0.0937. The molecule has 0 unspecified atom stereocenters. The van der Waals surface area contributed by atoms with Gasteiger partial charge in [0.2, 0.25) is 4.38 Å². The van der Waals surface area contributed by atoms with Crippen molar-refractivity contribution in [1.29, 1.82) is 0 Å². The smallest absolute Gasteiger partial charge is 0.220 e. The molecular formula is C11H14OS2. The van der Waals surface area contributed by atoms with Crippen molar-refractivity contribution in [1.82, 2.24) is 0 Å². The molecular weight excluding hydrogens is 212 g/mol. The highest BCUT2D eigenvalue weighted by molar-refractivity contribution is 8.22. The Morgan fingerprint density at radius 1 is 1.43 bits per heavy atom. The minimum Gasteiger partial charge on any atom is -0.470 e. The first-order valence-corrected chi connectivity index (χ1v) is 6.20. The summed E-state index contributed by atoms with van der Waals surface area (Å²) < 4.78 is 6.24. The molecule has 1 rings (SSSR count). The molecule has 0 bridgehead atoms. The van der Waals surface area contributed by atoms with Crippen molar-refractivity contribution < 1.29 is 4.74 Å². The minimum atomic E-state index is 0.0937. The van der Waals surface area contributed by atoms with Gasteiger partial charge in [0.15, 0.2) is 0 Å². The molecule has 1 atom stereocenters. The molecule has 0 aliphatic heterocycles. The highest BCUT2D eigenvalue weighted by Crippen LogP contribution is 2.22. The van der Waals surface area contributed by atoms with Crippen molar-refractivity contribution in [3.8, 4) is 0 Å². The fourth-order valence-electron chi connectivity index (χ4n) is 1.22. The van der Waals surface area contributed by atoms with E-state index in [1.807, 2.05) is 24.5 Å². The van der Waals surface area contributed by atoms with Gasteiger partial charge in [-0.3, -0.25) is 0 Å². The molecule has 0 spiro atoms. The summed E-state index contributed by atoms with van der Waals surface area (Å²) in [6, 6.07) is 10.2. The van der Waals surface area contributed by atoms with E-state index in [2.05, 4.69) is 19.1 Å². The maximum absolute atomic E-state index is 5.63. The number of benzene rings is 1. The van der Waals surface area contributed by atoms with E-state index in [4.69, 9.17) is 17.0 Å². The Hall–Kier alpha value is -0.540. The van der Waals surface area contributed by atoms with Crippen molar-refractivity contribution in [2.75, 3.05) is 6.26 Å². The Kier molecular flexibility index (Phi) is 4.98. The van der Waals surface area contributed by atoms with E-state index in [1.54, 1.807) is 0 Å². The maximum atomic E-state index is 5.63. The van der Waals surface area contributed by atoms with Gasteiger partial charge in [0.05, 0.1) is 0 Å². The molecule has 0 aliphatic carbocycles. The van der Waals surface area contributed by atoms with Crippen LogP contribution >= 0.6 is 24.0 Å². The number of hydrogen-bond donors (Lipinski definition) is 0. The lowest BCUT2D eigenvalue weighted by atomic mass is 10.1. The van der Waals surface area contributed by atoms with E-state index in [0.29, 0.717) is 4.38 Å². The molecule has 14 heavy (non-hydrogen) atoms. The predicted molar refractivity (Wildman–Crippen MR) is 66.7 cm³/mol. The summed E-state index contributed by atoms with van der Waals surface area (Å²) in [5, 5.41) is 0. The molecule has 1 aromatic rings. The fourth-order valence-corrected chi connectivity index (χ4v) is 1.55. The van der Waals surface area contributed by atoms with Crippen molar-refractivity contribution >= 4 is 28.4 Å². The lowest BCUT2D eigenvalue weighted by Gasteiger charge is -2.17. The Morgan fingerprint density at radius 2 is 2.07 bits per heavy atom. The zero-order valence-electron chi connectivity index (χ0n) is 8.40. The Balaban J connectivity index is 2.68. The number of ether oxygens (including phenoxy) is 1. The van der Waals surface area contributed by atoms with E-state index in [1.165, 1.54) is 17.3 Å². The summed E-state index contributed by atoms with van der Waals surface area (Å²) >= 11 is 6.51. The number of rotatable bonds is 3. The van der Waals surface area contributed by atoms with E-state index in [9.17, 15) is 0 Å². The summed E-state index contributed by atoms with van der Waals surface area (Å²) in [7, 11) is 0. The Bertz CT molecular complexity index is 285. The summed E-state index contributed by atoms with van der Waals surface area (Å²) in [5.41, 5.74) is 1.19. The van der Waals surface area contributed by atoms with Gasteiger partial charge in [-0.15, -0.1) is 0 Å². The second-order valence-electron chi connectivity index (χ2n) is 2.88. The molecule has 3 heteroatoms. The third kappa shape index (κ3) is 3.31. The molecule has 1 nitrogen and oxygen atoms in total. The molecule has 1 aromatic carbocycles. The normalized spacial score (nSPS) is 12.1. The average Bonchev–Trinajstić information content (AvgIpc) is 2.26. The van der Waals surface area contributed by atoms with Crippen LogP contribution in [0.1, 0.15) is 25.0 Å². The van der Waals surface area contributed by atoms with Crippen molar-refractivity contribution in [3.05, 3.63) is 35.9 Å². The molecule has 0 radical (unpaired) electrons. The van der Waals surface area contributed by atoms with Gasteiger partial charge in [0.25, 0.3) is 0 Å². The van der Waals surface area contributed by atoms with Gasteiger partial charge in [-0.25, -0.2) is 0 Å². The predicted octanol–water partition coefficient (Wildman–Crippen LogP) is 3.80. The zero-order chi connectivity index (χ0) is 10.4. The van der Waals surface area contributed by atoms with Crippen LogP contribution < -0.4 is 0 Å². The van der Waals surface area contributed by atoms with Gasteiger partial charge >= 0.3 is 0 Å². The SMILES string of the molecule is CC[C@H](OC(=S)SC)c1ccccc1. The monoisotopic (exact) mass is 226 g/mol. The summed E-state index contributed by atoms with van der Waals surface area (Å²) in [5.74, 6) is 0. The van der Waals surface area contributed by atoms with Crippen LogP contribution in [0.15, 0.2) is 30.3 Å². The first kappa shape index (κ1) is 11.5. The van der Waals surface area contributed by atoms with Gasteiger partial charge in [0, 0.05) is 0 Å². The third-order valence-electron chi connectivity index (χ3n) is 1.95. The van der Waals surface area contributed by atoms with Crippen molar-refractivity contribution in [2.24, 2.45) is 0 Å². The van der Waals surface area contributed by atoms with Crippen LogP contribution in [0, 0.1) is 0 Å². The van der Waals surface area contributed by atoms with Crippen LogP contribution in [0.4, 0.5) is 0 Å². The molecule has 0 amide bonds. The number of thiocarbonyl (C=S) groups is 1. The van der Waals surface area contributed by atoms with Crippen molar-refractivity contribution in [2.45, 2.75) is 19.4 Å². The molecule has 0 saturated carbocycles. The highest BCUT2D eigenvalue weighted by Gasteiger charge is 2.11. The van der Waals surface area contributed by atoms with Crippen LogP contribution in [0.25, 0.3) is 0 Å². The Morgan fingerprint density at radius 3 is 2.57 bits per heavy atom. The Labute approximate surface area is 94.9 Å². The quantitative estimate of drug-likeness (QED) is 0.725. The first-order valence-electron chi connectivity index (χ1n) is 4.57. The first-order chi connectivity index (χ1) is 6.77. The van der Waals surface area contributed by atoms with Gasteiger partial charge in [-0.1, -0.05) is 49.0 Å². The summed E-state index contributed by atoms with van der Waals surface area (Å²) in [6.45, 7) is 2.10. The molecule has 0 aromatic heterocycles. The topological polar surface area (TPSA) is 9.23 Å². The number of hydrogen-bond acceptors (Lipinski definition) is 3. The average molecular weight is 226 g/mol. The van der Waals surface area contributed by atoms with Gasteiger partial charge < -0.3 is 4.74 Å².